The number of aliphatic carboxylic acids is 1. The number of pyridine rings is 1. The molecule has 3 N–H and O–H groups in total. The van der Waals surface area contributed by atoms with Crippen LogP contribution in [0.4, 0.5) is 9.93 Å². The maximum Gasteiger partial charge on any atom is 0.464 e. The van der Waals surface area contributed by atoms with Gasteiger partial charge in [0.1, 0.15) is 41.1 Å². The molecule has 0 saturated carbocycles. The molecular weight excluding hydrogens is 895 g/mol. The largest absolute Gasteiger partial charge is 0.477 e. The number of aromatic nitrogens is 2. The number of nitrogens with zero attached hydrogens (tertiary/aromatic N) is 5. The fourth-order valence-electron chi connectivity index (χ4n) is 7.82. The third kappa shape index (κ3) is 10.7. The lowest BCUT2D eigenvalue weighted by molar-refractivity contribution is -0.684. The van der Waals surface area contributed by atoms with Crippen LogP contribution in [0.5, 0.6) is 0 Å². The summed E-state index contributed by atoms with van der Waals surface area (Å²) in [4.78, 5) is 65.7. The molecular formula is C49H54N7O7S3+. The second-order valence-corrected chi connectivity index (χ2v) is 19.6. The van der Waals surface area contributed by atoms with Gasteiger partial charge in [-0.1, -0.05) is 132 Å². The van der Waals surface area contributed by atoms with Crippen molar-refractivity contribution in [3.8, 4) is 0 Å². The Labute approximate surface area is 397 Å². The van der Waals surface area contributed by atoms with Gasteiger partial charge in [0.25, 0.3) is 11.8 Å². The van der Waals surface area contributed by atoms with E-state index in [-0.39, 0.29) is 17.1 Å². The minimum absolute atomic E-state index is 0.0874. The first-order valence-electron chi connectivity index (χ1n) is 21.7. The number of hydrogen-bond donors (Lipinski definition) is 3. The third-order valence-electron chi connectivity index (χ3n) is 10.9. The van der Waals surface area contributed by atoms with Gasteiger partial charge in [-0.3, -0.25) is 14.5 Å². The molecule has 2 aliphatic rings. The Morgan fingerprint density at radius 3 is 2.08 bits per heavy atom. The second kappa shape index (κ2) is 21.4. The van der Waals surface area contributed by atoms with Crippen LogP contribution in [0.1, 0.15) is 75.8 Å². The van der Waals surface area contributed by atoms with E-state index in [9.17, 15) is 24.3 Å². The van der Waals surface area contributed by atoms with Gasteiger partial charge in [0, 0.05) is 33.9 Å². The van der Waals surface area contributed by atoms with Crippen molar-refractivity contribution in [2.24, 2.45) is 5.16 Å². The van der Waals surface area contributed by atoms with Crippen molar-refractivity contribution in [2.45, 2.75) is 80.8 Å². The number of carbonyl (C=O) groups is 4. The quantitative estimate of drug-likeness (QED) is 0.0139. The molecule has 5 aromatic rings. The van der Waals surface area contributed by atoms with Crippen LogP contribution in [0.25, 0.3) is 0 Å². The van der Waals surface area contributed by atoms with Crippen LogP contribution in [-0.4, -0.2) is 86.8 Å². The Morgan fingerprint density at radius 2 is 1.53 bits per heavy atom. The topological polar surface area (TPSA) is 167 Å². The number of thioether (sulfide) groups is 2. The van der Waals surface area contributed by atoms with Gasteiger partial charge in [-0.15, -0.1) is 34.9 Å². The number of unbranched alkanes of at least 4 members (excludes halogenated alkanes) is 3. The van der Waals surface area contributed by atoms with Crippen molar-refractivity contribution in [3.05, 3.63) is 155 Å². The molecule has 4 heterocycles. The summed E-state index contributed by atoms with van der Waals surface area (Å²) in [6.07, 6.45) is 7.11. The van der Waals surface area contributed by atoms with E-state index in [1.165, 1.54) is 46.9 Å². The van der Waals surface area contributed by atoms with Gasteiger partial charge in [0.2, 0.25) is 12.4 Å². The fourth-order valence-corrected chi connectivity index (χ4v) is 10.9. The summed E-state index contributed by atoms with van der Waals surface area (Å²) < 4.78 is 7.40. The van der Waals surface area contributed by atoms with Gasteiger partial charge >= 0.3 is 12.1 Å². The van der Waals surface area contributed by atoms with E-state index in [0.717, 1.165) is 47.3 Å². The highest BCUT2D eigenvalue weighted by Gasteiger charge is 2.54. The molecule has 0 unspecified atom stereocenters. The van der Waals surface area contributed by atoms with Crippen molar-refractivity contribution in [1.29, 1.82) is 0 Å². The molecule has 14 nitrogen and oxygen atoms in total. The number of rotatable bonds is 19. The summed E-state index contributed by atoms with van der Waals surface area (Å²) in [5, 5.41) is 24.1. The number of amides is 3. The SMILES string of the molecule is CCCCCCN(C(=O)OC(C)(C)C)[n+]1ccc(SCC2=C(C(=O)O)N3C(=O)[C@@H](NC(=O)/C(=N\OC)c4csc(NC(c5ccccc5)(c5ccccc5)c5ccccc5)n4)[C@H]3SC2)cc1. The van der Waals surface area contributed by atoms with Crippen LogP contribution in [0, 0.1) is 0 Å². The number of nitrogens with one attached hydrogen (secondary N) is 2. The lowest BCUT2D eigenvalue weighted by atomic mass is 9.77. The summed E-state index contributed by atoms with van der Waals surface area (Å²) in [5.74, 6) is -1.82. The van der Waals surface area contributed by atoms with Crippen LogP contribution in [0.2, 0.25) is 0 Å². The van der Waals surface area contributed by atoms with Gasteiger partial charge in [0.15, 0.2) is 10.8 Å². The number of ether oxygens (including phenoxy) is 1. The second-order valence-electron chi connectivity index (χ2n) is 16.6. The van der Waals surface area contributed by atoms with Crippen molar-refractivity contribution in [2.75, 3.05) is 35.5 Å². The number of anilines is 1. The van der Waals surface area contributed by atoms with Crippen LogP contribution in [0.15, 0.2) is 142 Å². The Balaban J connectivity index is 1.04. The summed E-state index contributed by atoms with van der Waals surface area (Å²) in [6.45, 7) is 8.13. The zero-order valence-electron chi connectivity index (χ0n) is 37.5. The number of thiazole rings is 1. The molecule has 3 aromatic carbocycles. The molecule has 0 radical (unpaired) electrons. The number of fused-ring (bicyclic) bond motifs is 1. The summed E-state index contributed by atoms with van der Waals surface area (Å²) >= 11 is 4.10. The van der Waals surface area contributed by atoms with Crippen LogP contribution in [-0.2, 0) is 29.5 Å². The van der Waals surface area contributed by atoms with Crippen LogP contribution < -0.4 is 20.3 Å². The molecule has 0 aliphatic carbocycles. The minimum atomic E-state index is -1.22. The Kier molecular flexibility index (Phi) is 15.5. The number of benzene rings is 3. The van der Waals surface area contributed by atoms with Crippen molar-refractivity contribution >= 4 is 69.6 Å². The molecule has 3 amide bonds. The first-order chi connectivity index (χ1) is 31.8. The highest BCUT2D eigenvalue weighted by molar-refractivity contribution is 8.01. The summed E-state index contributed by atoms with van der Waals surface area (Å²) in [5.41, 5.74) is 1.99. The van der Waals surface area contributed by atoms with Gasteiger partial charge in [-0.2, -0.15) is 0 Å². The number of β-lactam (4-membered cyclic amide) rings is 1. The van der Waals surface area contributed by atoms with E-state index < -0.39 is 46.4 Å². The zero-order valence-corrected chi connectivity index (χ0v) is 40.0. The lowest BCUT2D eigenvalue weighted by Crippen LogP contribution is -2.71. The van der Waals surface area contributed by atoms with Crippen molar-refractivity contribution < 1.29 is 38.5 Å². The van der Waals surface area contributed by atoms with E-state index in [1.54, 1.807) is 27.5 Å². The van der Waals surface area contributed by atoms with Gasteiger partial charge < -0.3 is 25.3 Å². The maximum absolute atomic E-state index is 14.0. The molecule has 1 fully saturated rings. The fraction of sp³-hybridized carbons (Fsp3) is 0.327. The van der Waals surface area contributed by atoms with E-state index >= 15 is 0 Å². The first kappa shape index (κ1) is 47.8. The molecule has 1 saturated heterocycles. The number of carboxylic acids is 1. The Hall–Kier alpha value is -6.17. The standard InChI is InChI=1S/C49H53N7O7S3/c1-6-7-8-18-27-55(47(61)63-48(2,3)4)54-28-25-37(26-29-54)64-30-33-31-65-44-40(43(58)56(44)41(33)45(59)60)51-42(57)39(53-62-5)38-32-66-46(50-38)52-49(34-19-12-9-13-20-34,35-21-14-10-15-22-35)36-23-16-11-17-24-36/h9-17,19-26,28-29,32,40,44H,6-8,18,27,30-31H2,1-5H3,(H2-,50,51,52,57,59,60)/p+1/b53-39-/t40-,44-/m1/s1. The molecule has 344 valence electrons. The Bertz CT molecular complexity index is 2450. The number of hydrogen-bond acceptors (Lipinski definition) is 12. The van der Waals surface area contributed by atoms with Gasteiger partial charge in [-0.25, -0.2) is 14.6 Å². The predicted octanol–water partition coefficient (Wildman–Crippen LogP) is 8.17. The molecule has 2 aliphatic heterocycles. The Morgan fingerprint density at radius 1 is 0.924 bits per heavy atom. The molecule has 17 heteroatoms. The highest BCUT2D eigenvalue weighted by atomic mass is 32.2. The van der Waals surface area contributed by atoms with Gasteiger partial charge in [0.05, 0.1) is 6.54 Å². The molecule has 7 rings (SSSR count). The monoisotopic (exact) mass is 948 g/mol. The predicted molar refractivity (Wildman–Crippen MR) is 259 cm³/mol. The number of carboxylic acid groups (broad SMARTS) is 1. The lowest BCUT2D eigenvalue weighted by Gasteiger charge is -2.49. The van der Waals surface area contributed by atoms with Crippen LogP contribution in [0.3, 0.4) is 0 Å². The highest BCUT2D eigenvalue weighted by Crippen LogP contribution is 2.43. The minimum Gasteiger partial charge on any atom is -0.477 e. The van der Waals surface area contributed by atoms with Gasteiger partial charge in [-0.05, 0) is 49.5 Å². The summed E-state index contributed by atoms with van der Waals surface area (Å²) in [6, 6.07) is 32.9. The first-order valence-corrected chi connectivity index (χ1v) is 24.6. The van der Waals surface area contributed by atoms with Crippen LogP contribution >= 0.6 is 34.9 Å². The molecule has 0 bridgehead atoms. The summed E-state index contributed by atoms with van der Waals surface area (Å²) in [7, 11) is 1.32. The van der Waals surface area contributed by atoms with E-state index in [4.69, 9.17) is 14.6 Å². The average Bonchev–Trinajstić information content (AvgIpc) is 3.78. The van der Waals surface area contributed by atoms with E-state index in [2.05, 4.69) is 59.1 Å². The van der Waals surface area contributed by atoms with Crippen molar-refractivity contribution in [1.82, 2.24) is 15.2 Å². The van der Waals surface area contributed by atoms with Crippen molar-refractivity contribution in [3.63, 3.8) is 0 Å². The van der Waals surface area contributed by atoms with E-state index in [1.807, 2.05) is 87.5 Å². The average molecular weight is 949 g/mol. The maximum atomic E-state index is 14.0. The zero-order chi connectivity index (χ0) is 46.8. The normalized spacial score (nSPS) is 16.2. The molecule has 2 atom stereocenters. The van der Waals surface area contributed by atoms with E-state index in [0.29, 0.717) is 28.8 Å². The molecule has 2 aromatic heterocycles. The third-order valence-corrected chi connectivity index (χ3v) is 14.1. The molecule has 66 heavy (non-hydrogen) atoms. The molecule has 0 spiro atoms. The smallest absolute Gasteiger partial charge is 0.464 e. The number of oxime groups is 1. The number of carbonyl (C=O) groups excluding carboxylic acids is 3.